The van der Waals surface area contributed by atoms with Gasteiger partial charge in [-0.15, -0.1) is 0 Å². The number of aliphatic hydroxyl groups excluding tert-OH is 1. The molecule has 2 rings (SSSR count). The molecule has 1 aromatic rings. The van der Waals surface area contributed by atoms with Gasteiger partial charge in [0.05, 0.1) is 0 Å². The number of thioether (sulfide) groups is 1. The molecule has 28 heavy (non-hydrogen) atoms. The van der Waals surface area contributed by atoms with E-state index in [0.29, 0.717) is 24.3 Å². The molecule has 9 heteroatoms. The fourth-order valence-electron chi connectivity index (χ4n) is 3.15. The van der Waals surface area contributed by atoms with Gasteiger partial charge >= 0.3 is 0 Å². The zero-order valence-corrected chi connectivity index (χ0v) is 16.7. The second kappa shape index (κ2) is 9.79. The summed E-state index contributed by atoms with van der Waals surface area (Å²) < 4.78 is 0. The quantitative estimate of drug-likeness (QED) is 0.489. The van der Waals surface area contributed by atoms with E-state index in [1.54, 1.807) is 0 Å². The zero-order valence-electron chi connectivity index (χ0n) is 15.9. The van der Waals surface area contributed by atoms with Crippen LogP contribution in [-0.2, 0) is 20.8 Å². The highest BCUT2D eigenvalue weighted by Crippen LogP contribution is 2.26. The van der Waals surface area contributed by atoms with Crippen molar-refractivity contribution in [1.29, 1.82) is 0 Å². The summed E-state index contributed by atoms with van der Waals surface area (Å²) in [6.45, 7) is 3.86. The average Bonchev–Trinajstić information content (AvgIpc) is 3.14. The van der Waals surface area contributed by atoms with Gasteiger partial charge < -0.3 is 25.5 Å². The van der Waals surface area contributed by atoms with Gasteiger partial charge in [-0.25, -0.2) is 0 Å². The van der Waals surface area contributed by atoms with E-state index in [1.807, 2.05) is 6.92 Å². The Balaban J connectivity index is 1.93. The molecule has 0 aliphatic carbocycles. The van der Waals surface area contributed by atoms with Crippen molar-refractivity contribution >= 4 is 28.7 Å². The molecule has 8 nitrogen and oxygen atoms in total. The van der Waals surface area contributed by atoms with Gasteiger partial charge in [-0.05, 0) is 43.2 Å². The Morgan fingerprint density at radius 3 is 2.64 bits per heavy atom. The predicted octanol–water partition coefficient (Wildman–Crippen LogP) is 0.777. The number of aliphatic hydroxyl groups is 1. The van der Waals surface area contributed by atoms with Crippen molar-refractivity contribution < 1.29 is 29.7 Å². The fourth-order valence-corrected chi connectivity index (χ4v) is 3.87. The van der Waals surface area contributed by atoms with E-state index >= 15 is 0 Å². The van der Waals surface area contributed by atoms with Gasteiger partial charge in [-0.3, -0.25) is 14.4 Å². The van der Waals surface area contributed by atoms with Crippen molar-refractivity contribution in [3.05, 3.63) is 23.8 Å². The lowest BCUT2D eigenvalue weighted by molar-refractivity contribution is -0.140. The van der Waals surface area contributed by atoms with Gasteiger partial charge in [-0.2, -0.15) is 0 Å². The van der Waals surface area contributed by atoms with Crippen molar-refractivity contribution in [3.8, 4) is 11.5 Å². The van der Waals surface area contributed by atoms with Crippen LogP contribution in [0, 0.1) is 0 Å². The average molecular weight is 410 g/mol. The summed E-state index contributed by atoms with van der Waals surface area (Å²) in [5, 5.41) is 31.3. The summed E-state index contributed by atoms with van der Waals surface area (Å²) in [5.41, 5.74) is 0.457. The Hall–Kier alpha value is -2.26. The lowest BCUT2D eigenvalue weighted by Gasteiger charge is -2.27. The molecule has 0 spiro atoms. The molecule has 0 unspecified atom stereocenters. The Morgan fingerprint density at radius 2 is 2.00 bits per heavy atom. The number of phenols is 2. The van der Waals surface area contributed by atoms with Crippen molar-refractivity contribution in [2.75, 3.05) is 12.3 Å². The second-order valence-electron chi connectivity index (χ2n) is 6.71. The minimum absolute atomic E-state index is 0.0425. The van der Waals surface area contributed by atoms with Crippen LogP contribution in [0.25, 0.3) is 0 Å². The number of hydrogen-bond donors (Lipinski definition) is 4. The van der Waals surface area contributed by atoms with Crippen LogP contribution in [0.4, 0.5) is 0 Å². The SMILES string of the molecule is CCSC(=O)[C@@H]1CCCN1C(=O)[C@H](C)NC(=O)[C@H](O)Cc1ccc(O)c(O)c1. The number of nitrogens with zero attached hydrogens (tertiary/aromatic N) is 1. The first-order valence-corrected chi connectivity index (χ1v) is 10.2. The first-order chi connectivity index (χ1) is 13.2. The van der Waals surface area contributed by atoms with Gasteiger partial charge in [0.25, 0.3) is 0 Å². The van der Waals surface area contributed by atoms with E-state index in [2.05, 4.69) is 5.32 Å². The maximum absolute atomic E-state index is 12.7. The highest BCUT2D eigenvalue weighted by Gasteiger charge is 2.36. The molecule has 0 radical (unpaired) electrons. The van der Waals surface area contributed by atoms with Gasteiger partial charge in [-0.1, -0.05) is 24.8 Å². The Kier molecular flexibility index (Phi) is 7.70. The van der Waals surface area contributed by atoms with Gasteiger partial charge in [0.15, 0.2) is 11.5 Å². The molecule has 0 aromatic heterocycles. The standard InChI is InChI=1S/C19H26N2O6S/c1-3-28-19(27)13-5-4-8-21(13)18(26)11(2)20-17(25)16(24)10-12-6-7-14(22)15(23)9-12/h6-7,9,11,13,16,22-24H,3-5,8,10H2,1-2H3,(H,20,25)/t11-,13-,16+/m0/s1. The highest BCUT2D eigenvalue weighted by molar-refractivity contribution is 8.13. The van der Waals surface area contributed by atoms with E-state index in [0.717, 1.165) is 6.42 Å². The van der Waals surface area contributed by atoms with Gasteiger partial charge in [0, 0.05) is 13.0 Å². The lowest BCUT2D eigenvalue weighted by atomic mass is 10.1. The van der Waals surface area contributed by atoms with E-state index in [9.17, 15) is 29.7 Å². The van der Waals surface area contributed by atoms with Gasteiger partial charge in [0.1, 0.15) is 18.2 Å². The molecule has 2 amide bonds. The molecule has 1 aliphatic heterocycles. The maximum Gasteiger partial charge on any atom is 0.249 e. The summed E-state index contributed by atoms with van der Waals surface area (Å²) in [6.07, 6.45) is -0.157. The predicted molar refractivity (Wildman–Crippen MR) is 105 cm³/mol. The number of aromatic hydroxyl groups is 2. The fraction of sp³-hybridized carbons (Fsp3) is 0.526. The van der Waals surface area contributed by atoms with Crippen molar-refractivity contribution in [1.82, 2.24) is 10.2 Å². The number of likely N-dealkylation sites (tertiary alicyclic amines) is 1. The Morgan fingerprint density at radius 1 is 1.29 bits per heavy atom. The summed E-state index contributed by atoms with van der Waals surface area (Å²) in [6, 6.07) is 2.65. The number of nitrogens with one attached hydrogen (secondary N) is 1. The highest BCUT2D eigenvalue weighted by atomic mass is 32.2. The van der Waals surface area contributed by atoms with Gasteiger partial charge in [0.2, 0.25) is 16.9 Å². The molecular weight excluding hydrogens is 384 g/mol. The molecular formula is C19H26N2O6S. The van der Waals surface area contributed by atoms with Crippen LogP contribution in [0.15, 0.2) is 18.2 Å². The molecule has 0 saturated carbocycles. The normalized spacial score (nSPS) is 18.5. The third-order valence-electron chi connectivity index (χ3n) is 4.60. The number of rotatable bonds is 7. The first kappa shape index (κ1) is 22.0. The van der Waals surface area contributed by atoms with E-state index in [1.165, 1.54) is 41.8 Å². The van der Waals surface area contributed by atoms with E-state index in [4.69, 9.17) is 0 Å². The minimum Gasteiger partial charge on any atom is -0.504 e. The summed E-state index contributed by atoms with van der Waals surface area (Å²) in [5.74, 6) is -1.07. The lowest BCUT2D eigenvalue weighted by Crippen LogP contribution is -2.52. The molecule has 4 N–H and O–H groups in total. The van der Waals surface area contributed by atoms with Crippen LogP contribution < -0.4 is 5.32 Å². The molecule has 1 saturated heterocycles. The van der Waals surface area contributed by atoms with Crippen LogP contribution in [-0.4, -0.2) is 67.6 Å². The second-order valence-corrected chi connectivity index (χ2v) is 7.98. The molecule has 1 aliphatic rings. The van der Waals surface area contributed by atoms with Crippen LogP contribution in [0.2, 0.25) is 0 Å². The van der Waals surface area contributed by atoms with Crippen molar-refractivity contribution in [3.63, 3.8) is 0 Å². The molecule has 3 atom stereocenters. The minimum atomic E-state index is -1.43. The summed E-state index contributed by atoms with van der Waals surface area (Å²) >= 11 is 1.19. The Bertz CT molecular complexity index is 741. The number of phenolic OH excluding ortho intramolecular Hbond substituents is 2. The third kappa shape index (κ3) is 5.39. The first-order valence-electron chi connectivity index (χ1n) is 9.21. The topological polar surface area (TPSA) is 127 Å². The zero-order chi connectivity index (χ0) is 20.8. The summed E-state index contributed by atoms with van der Waals surface area (Å²) in [7, 11) is 0. The Labute approximate surface area is 167 Å². The van der Waals surface area contributed by atoms with E-state index in [-0.39, 0.29) is 28.9 Å². The third-order valence-corrected chi connectivity index (χ3v) is 5.44. The van der Waals surface area contributed by atoms with Crippen LogP contribution in [0.1, 0.15) is 32.3 Å². The molecule has 1 fully saturated rings. The monoisotopic (exact) mass is 410 g/mol. The number of amides is 2. The van der Waals surface area contributed by atoms with Crippen LogP contribution in [0.3, 0.4) is 0 Å². The number of carbonyl (C=O) groups excluding carboxylic acids is 3. The van der Waals surface area contributed by atoms with Crippen LogP contribution >= 0.6 is 11.8 Å². The summed E-state index contributed by atoms with van der Waals surface area (Å²) in [4.78, 5) is 38.6. The smallest absolute Gasteiger partial charge is 0.249 e. The van der Waals surface area contributed by atoms with E-state index < -0.39 is 24.1 Å². The van der Waals surface area contributed by atoms with Crippen molar-refractivity contribution in [2.45, 2.75) is 51.3 Å². The molecule has 1 aromatic carbocycles. The molecule has 1 heterocycles. The maximum atomic E-state index is 12.7. The number of benzene rings is 1. The molecule has 154 valence electrons. The molecule has 0 bridgehead atoms. The van der Waals surface area contributed by atoms with Crippen molar-refractivity contribution in [2.24, 2.45) is 0 Å². The largest absolute Gasteiger partial charge is 0.504 e. The number of hydrogen-bond acceptors (Lipinski definition) is 7. The van der Waals surface area contributed by atoms with Crippen LogP contribution in [0.5, 0.6) is 11.5 Å². The number of carbonyl (C=O) groups is 3.